The Morgan fingerprint density at radius 3 is 3.00 bits per heavy atom. The number of anilines is 2. The molecule has 1 heterocycles. The zero-order valence-electron chi connectivity index (χ0n) is 7.79. The summed E-state index contributed by atoms with van der Waals surface area (Å²) >= 11 is 0. The highest BCUT2D eigenvalue weighted by Gasteiger charge is 2.21. The summed E-state index contributed by atoms with van der Waals surface area (Å²) in [5, 5.41) is 3.09. The molecule has 0 unspecified atom stereocenters. The number of para-hydroxylation sites is 1. The predicted octanol–water partition coefficient (Wildman–Crippen LogP) is 1.38. The first-order valence-corrected chi connectivity index (χ1v) is 4.30. The number of aryl methyl sites for hydroxylation is 1. The lowest BCUT2D eigenvalue weighted by Gasteiger charge is -2.28. The van der Waals surface area contributed by atoms with Gasteiger partial charge in [-0.2, -0.15) is 0 Å². The molecule has 1 amide bonds. The Bertz CT molecular complexity index is 360. The third-order valence-electron chi connectivity index (χ3n) is 2.38. The van der Waals surface area contributed by atoms with Crippen LogP contribution in [0.25, 0.3) is 0 Å². The van der Waals surface area contributed by atoms with Gasteiger partial charge >= 0.3 is 0 Å². The summed E-state index contributed by atoms with van der Waals surface area (Å²) in [6, 6.07) is 5.99. The number of hydrogen-bond donors (Lipinski definition) is 1. The number of carbonyl (C=O) groups excluding carboxylic acids is 1. The number of carbonyl (C=O) groups is 1. The van der Waals surface area contributed by atoms with Crippen LogP contribution in [0.2, 0.25) is 0 Å². The summed E-state index contributed by atoms with van der Waals surface area (Å²) in [5.74, 6) is 0.113. The lowest BCUT2D eigenvalue weighted by molar-refractivity contribution is -0.116. The van der Waals surface area contributed by atoms with Gasteiger partial charge in [0.15, 0.2) is 0 Å². The van der Waals surface area contributed by atoms with E-state index in [0.717, 1.165) is 16.9 Å². The third kappa shape index (κ3) is 1.16. The van der Waals surface area contributed by atoms with E-state index >= 15 is 0 Å². The highest BCUT2D eigenvalue weighted by Crippen LogP contribution is 2.31. The lowest BCUT2D eigenvalue weighted by Crippen LogP contribution is -2.37. The maximum atomic E-state index is 11.4. The molecule has 0 aromatic heterocycles. The van der Waals surface area contributed by atoms with E-state index in [-0.39, 0.29) is 5.91 Å². The molecule has 1 N–H and O–H groups in total. The summed E-state index contributed by atoms with van der Waals surface area (Å²) in [5.41, 5.74) is 3.17. The van der Waals surface area contributed by atoms with E-state index < -0.39 is 0 Å². The fourth-order valence-corrected chi connectivity index (χ4v) is 1.66. The van der Waals surface area contributed by atoms with Crippen molar-refractivity contribution in [2.45, 2.75) is 6.92 Å². The number of hydrogen-bond acceptors (Lipinski definition) is 2. The van der Waals surface area contributed by atoms with Gasteiger partial charge in [-0.1, -0.05) is 12.1 Å². The molecular formula is C10H12N2O. The molecule has 1 aliphatic rings. The molecule has 3 nitrogen and oxygen atoms in total. The van der Waals surface area contributed by atoms with Crippen molar-refractivity contribution in [3.63, 3.8) is 0 Å². The number of likely N-dealkylation sites (N-methyl/N-ethyl adjacent to an activating group) is 1. The van der Waals surface area contributed by atoms with E-state index in [0.29, 0.717) is 6.54 Å². The molecule has 0 radical (unpaired) electrons. The fraction of sp³-hybridized carbons (Fsp3) is 0.300. The minimum absolute atomic E-state index is 0.113. The van der Waals surface area contributed by atoms with Crippen LogP contribution in [0.3, 0.4) is 0 Å². The van der Waals surface area contributed by atoms with Crippen LogP contribution in [0, 0.1) is 6.92 Å². The second kappa shape index (κ2) is 2.76. The average molecular weight is 176 g/mol. The van der Waals surface area contributed by atoms with Gasteiger partial charge in [-0.3, -0.25) is 4.79 Å². The zero-order valence-corrected chi connectivity index (χ0v) is 7.79. The Labute approximate surface area is 77.4 Å². The summed E-state index contributed by atoms with van der Waals surface area (Å²) in [7, 11) is 1.81. The first-order chi connectivity index (χ1) is 6.20. The van der Waals surface area contributed by atoms with Crippen molar-refractivity contribution in [3.8, 4) is 0 Å². The number of nitrogens with zero attached hydrogens (tertiary/aromatic N) is 1. The van der Waals surface area contributed by atoms with Gasteiger partial charge in [0.05, 0.1) is 17.9 Å². The first-order valence-electron chi connectivity index (χ1n) is 4.30. The second-order valence-corrected chi connectivity index (χ2v) is 3.28. The highest BCUT2D eigenvalue weighted by atomic mass is 16.2. The normalized spacial score (nSPS) is 15.2. The molecular weight excluding hydrogens is 164 g/mol. The van der Waals surface area contributed by atoms with Gasteiger partial charge in [0.2, 0.25) is 5.91 Å². The van der Waals surface area contributed by atoms with E-state index in [2.05, 4.69) is 5.32 Å². The molecule has 0 saturated heterocycles. The van der Waals surface area contributed by atoms with Crippen LogP contribution in [-0.2, 0) is 4.79 Å². The molecule has 1 aromatic carbocycles. The molecule has 1 aromatic rings. The van der Waals surface area contributed by atoms with Crippen molar-refractivity contribution in [1.82, 2.24) is 0 Å². The number of nitrogens with one attached hydrogen (secondary N) is 1. The van der Waals surface area contributed by atoms with Crippen molar-refractivity contribution in [2.24, 2.45) is 0 Å². The SMILES string of the molecule is Cc1cccc2c1N(C)C(=O)CN2. The van der Waals surface area contributed by atoms with Crippen LogP contribution >= 0.6 is 0 Å². The van der Waals surface area contributed by atoms with Crippen LogP contribution in [0.4, 0.5) is 11.4 Å². The van der Waals surface area contributed by atoms with Gasteiger partial charge in [0, 0.05) is 7.05 Å². The number of fused-ring (bicyclic) bond motifs is 1. The molecule has 0 aliphatic carbocycles. The molecule has 2 rings (SSSR count). The third-order valence-corrected chi connectivity index (χ3v) is 2.38. The number of rotatable bonds is 0. The Morgan fingerprint density at radius 2 is 2.23 bits per heavy atom. The van der Waals surface area contributed by atoms with E-state index in [1.54, 1.807) is 4.90 Å². The molecule has 0 fully saturated rings. The van der Waals surface area contributed by atoms with E-state index in [9.17, 15) is 4.79 Å². The molecule has 13 heavy (non-hydrogen) atoms. The van der Waals surface area contributed by atoms with Gasteiger partial charge in [-0.05, 0) is 18.6 Å². The van der Waals surface area contributed by atoms with Gasteiger partial charge in [-0.25, -0.2) is 0 Å². The Kier molecular flexibility index (Phi) is 1.72. The van der Waals surface area contributed by atoms with Crippen molar-refractivity contribution >= 4 is 17.3 Å². The van der Waals surface area contributed by atoms with Gasteiger partial charge < -0.3 is 10.2 Å². The predicted molar refractivity (Wildman–Crippen MR) is 53.1 cm³/mol. The zero-order chi connectivity index (χ0) is 9.42. The minimum Gasteiger partial charge on any atom is -0.374 e. The Hall–Kier alpha value is -1.51. The van der Waals surface area contributed by atoms with Crippen LogP contribution in [0.5, 0.6) is 0 Å². The van der Waals surface area contributed by atoms with Crippen LogP contribution in [-0.4, -0.2) is 19.5 Å². The lowest BCUT2D eigenvalue weighted by atomic mass is 10.1. The number of benzene rings is 1. The maximum absolute atomic E-state index is 11.4. The molecule has 1 aliphatic heterocycles. The number of amides is 1. The summed E-state index contributed by atoms with van der Waals surface area (Å²) in [6.07, 6.45) is 0. The summed E-state index contributed by atoms with van der Waals surface area (Å²) < 4.78 is 0. The monoisotopic (exact) mass is 176 g/mol. The first kappa shape index (κ1) is 8.10. The maximum Gasteiger partial charge on any atom is 0.246 e. The smallest absolute Gasteiger partial charge is 0.246 e. The molecule has 0 saturated carbocycles. The van der Waals surface area contributed by atoms with Crippen molar-refractivity contribution in [2.75, 3.05) is 23.8 Å². The Morgan fingerprint density at radius 1 is 1.46 bits per heavy atom. The molecule has 0 atom stereocenters. The summed E-state index contributed by atoms with van der Waals surface area (Å²) in [6.45, 7) is 2.41. The minimum atomic E-state index is 0.113. The van der Waals surface area contributed by atoms with Crippen LogP contribution < -0.4 is 10.2 Å². The quantitative estimate of drug-likeness (QED) is 0.647. The van der Waals surface area contributed by atoms with E-state index in [4.69, 9.17) is 0 Å². The van der Waals surface area contributed by atoms with E-state index in [1.165, 1.54) is 0 Å². The van der Waals surface area contributed by atoms with Gasteiger partial charge in [-0.15, -0.1) is 0 Å². The molecule has 0 spiro atoms. The topological polar surface area (TPSA) is 32.3 Å². The van der Waals surface area contributed by atoms with Gasteiger partial charge in [0.25, 0.3) is 0 Å². The standard InChI is InChI=1S/C10H12N2O/c1-7-4-3-5-8-10(7)12(2)9(13)6-11-8/h3-5,11H,6H2,1-2H3. The fourth-order valence-electron chi connectivity index (χ4n) is 1.66. The largest absolute Gasteiger partial charge is 0.374 e. The molecule has 3 heteroatoms. The van der Waals surface area contributed by atoms with Gasteiger partial charge in [0.1, 0.15) is 0 Å². The molecule has 0 bridgehead atoms. The van der Waals surface area contributed by atoms with Crippen molar-refractivity contribution in [3.05, 3.63) is 23.8 Å². The molecule has 68 valence electrons. The van der Waals surface area contributed by atoms with Crippen LogP contribution in [0.1, 0.15) is 5.56 Å². The van der Waals surface area contributed by atoms with Crippen molar-refractivity contribution < 1.29 is 4.79 Å². The Balaban J connectivity index is 2.57. The van der Waals surface area contributed by atoms with E-state index in [1.807, 2.05) is 32.2 Å². The second-order valence-electron chi connectivity index (χ2n) is 3.28. The highest BCUT2D eigenvalue weighted by molar-refractivity contribution is 6.03. The van der Waals surface area contributed by atoms with Crippen molar-refractivity contribution in [1.29, 1.82) is 0 Å². The summed E-state index contributed by atoms with van der Waals surface area (Å²) in [4.78, 5) is 13.1. The average Bonchev–Trinajstić information content (AvgIpc) is 2.12. The van der Waals surface area contributed by atoms with Crippen LogP contribution in [0.15, 0.2) is 18.2 Å².